The van der Waals surface area contributed by atoms with E-state index in [9.17, 15) is 0 Å². The van der Waals surface area contributed by atoms with E-state index < -0.39 is 0 Å². The molecule has 0 aromatic heterocycles. The van der Waals surface area contributed by atoms with Gasteiger partial charge in [-0.3, -0.25) is 4.90 Å². The van der Waals surface area contributed by atoms with Crippen LogP contribution in [0.5, 0.6) is 0 Å². The van der Waals surface area contributed by atoms with Crippen molar-refractivity contribution in [1.82, 2.24) is 4.90 Å². The van der Waals surface area contributed by atoms with E-state index in [1.165, 1.54) is 29.7 Å². The Labute approximate surface area is 124 Å². The second-order valence-electron chi connectivity index (χ2n) is 6.93. The maximum Gasteiger partial charge on any atom is 0.0473 e. The van der Waals surface area contributed by atoms with E-state index in [1.807, 2.05) is 0 Å². The number of nitrogens with zero attached hydrogens (tertiary/aromatic N) is 1. The van der Waals surface area contributed by atoms with Gasteiger partial charge in [-0.2, -0.15) is 0 Å². The predicted octanol–water partition coefficient (Wildman–Crippen LogP) is 3.67. The highest BCUT2D eigenvalue weighted by atomic mass is 15.2. The molecule has 0 radical (unpaired) electrons. The Balaban J connectivity index is 2.30. The number of hydrogen-bond donors (Lipinski definition) is 1. The lowest BCUT2D eigenvalue weighted by atomic mass is 9.84. The number of rotatable bonds is 3. The highest BCUT2D eigenvalue weighted by Gasteiger charge is 2.33. The quantitative estimate of drug-likeness (QED) is 0.911. The van der Waals surface area contributed by atoms with Crippen LogP contribution < -0.4 is 5.73 Å². The van der Waals surface area contributed by atoms with Gasteiger partial charge in [0.2, 0.25) is 0 Å². The summed E-state index contributed by atoms with van der Waals surface area (Å²) in [5.41, 5.74) is 10.2. The second kappa shape index (κ2) is 6.28. The molecule has 0 aliphatic carbocycles. The second-order valence-corrected chi connectivity index (χ2v) is 6.93. The largest absolute Gasteiger partial charge is 0.329 e. The van der Waals surface area contributed by atoms with E-state index in [-0.39, 0.29) is 0 Å². The molecule has 1 aliphatic heterocycles. The molecule has 1 aliphatic rings. The number of benzene rings is 1. The molecule has 0 bridgehead atoms. The normalized spacial score (nSPS) is 29.4. The minimum Gasteiger partial charge on any atom is -0.329 e. The van der Waals surface area contributed by atoms with Gasteiger partial charge in [-0.25, -0.2) is 0 Å². The van der Waals surface area contributed by atoms with Crippen LogP contribution in [0, 0.1) is 25.7 Å². The fraction of sp³-hybridized carbons (Fsp3) is 0.667. The van der Waals surface area contributed by atoms with Crippen LogP contribution in [0.15, 0.2) is 18.2 Å². The standard InChI is InChI=1S/C18H30N2/c1-12-6-13(2)9-17(8-12)18(10-19)20-11-14(3)7-15(4)16(20)5/h6,8-9,14-16,18H,7,10-11,19H2,1-5H3. The molecular formula is C18H30N2. The number of piperidine rings is 1. The molecular weight excluding hydrogens is 244 g/mol. The van der Waals surface area contributed by atoms with Gasteiger partial charge in [-0.05, 0) is 44.6 Å². The Bertz CT molecular complexity index is 434. The van der Waals surface area contributed by atoms with E-state index in [0.29, 0.717) is 18.6 Å². The summed E-state index contributed by atoms with van der Waals surface area (Å²) in [4.78, 5) is 2.63. The monoisotopic (exact) mass is 274 g/mol. The smallest absolute Gasteiger partial charge is 0.0473 e. The molecule has 1 aromatic carbocycles. The molecule has 1 heterocycles. The average molecular weight is 274 g/mol. The summed E-state index contributed by atoms with van der Waals surface area (Å²) in [5.74, 6) is 1.51. The van der Waals surface area contributed by atoms with Crippen molar-refractivity contribution in [1.29, 1.82) is 0 Å². The van der Waals surface area contributed by atoms with Gasteiger partial charge >= 0.3 is 0 Å². The van der Waals surface area contributed by atoms with Crippen LogP contribution in [0.25, 0.3) is 0 Å². The molecule has 2 nitrogen and oxygen atoms in total. The fourth-order valence-electron chi connectivity index (χ4n) is 3.84. The van der Waals surface area contributed by atoms with Gasteiger partial charge in [-0.1, -0.05) is 43.2 Å². The summed E-state index contributed by atoms with van der Waals surface area (Å²) in [6.45, 7) is 13.3. The van der Waals surface area contributed by atoms with Gasteiger partial charge in [0.1, 0.15) is 0 Å². The molecule has 1 aromatic rings. The maximum absolute atomic E-state index is 6.15. The summed E-state index contributed by atoms with van der Waals surface area (Å²) in [5, 5.41) is 0. The first-order valence-corrected chi connectivity index (χ1v) is 7.96. The highest BCUT2D eigenvalue weighted by molar-refractivity contribution is 5.31. The van der Waals surface area contributed by atoms with Gasteiger partial charge < -0.3 is 5.73 Å². The number of hydrogen-bond acceptors (Lipinski definition) is 2. The number of likely N-dealkylation sites (tertiary alicyclic amines) is 1. The first kappa shape index (κ1) is 15.5. The van der Waals surface area contributed by atoms with Gasteiger partial charge in [-0.15, -0.1) is 0 Å². The zero-order valence-electron chi connectivity index (χ0n) is 13.7. The summed E-state index contributed by atoms with van der Waals surface area (Å²) < 4.78 is 0. The molecule has 20 heavy (non-hydrogen) atoms. The first-order chi connectivity index (χ1) is 9.42. The zero-order valence-corrected chi connectivity index (χ0v) is 13.7. The van der Waals surface area contributed by atoms with E-state index in [2.05, 4.69) is 57.7 Å². The third-order valence-electron chi connectivity index (χ3n) is 4.90. The number of nitrogens with two attached hydrogens (primary N) is 1. The fourth-order valence-corrected chi connectivity index (χ4v) is 3.84. The lowest BCUT2D eigenvalue weighted by molar-refractivity contribution is 0.0424. The van der Waals surface area contributed by atoms with Crippen LogP contribution in [0.1, 0.15) is 49.9 Å². The Morgan fingerprint density at radius 3 is 2.30 bits per heavy atom. The summed E-state index contributed by atoms with van der Waals surface area (Å²) >= 11 is 0. The SMILES string of the molecule is Cc1cc(C)cc(C(CN)N2CC(C)CC(C)C2C)c1. The minimum atomic E-state index is 0.355. The Hall–Kier alpha value is -0.860. The zero-order chi connectivity index (χ0) is 14.9. The minimum absolute atomic E-state index is 0.355. The van der Waals surface area contributed by atoms with Crippen LogP contribution in [0.3, 0.4) is 0 Å². The average Bonchev–Trinajstić information content (AvgIpc) is 2.34. The van der Waals surface area contributed by atoms with Crippen LogP contribution in [0.4, 0.5) is 0 Å². The van der Waals surface area contributed by atoms with Crippen molar-refractivity contribution in [2.24, 2.45) is 17.6 Å². The van der Waals surface area contributed by atoms with Crippen LogP contribution in [0.2, 0.25) is 0 Å². The molecule has 112 valence electrons. The van der Waals surface area contributed by atoms with E-state index in [4.69, 9.17) is 5.73 Å². The van der Waals surface area contributed by atoms with Crippen molar-refractivity contribution < 1.29 is 0 Å². The summed E-state index contributed by atoms with van der Waals surface area (Å²) in [7, 11) is 0. The van der Waals surface area contributed by atoms with Gasteiger partial charge in [0.25, 0.3) is 0 Å². The van der Waals surface area contributed by atoms with Crippen LogP contribution in [-0.2, 0) is 0 Å². The maximum atomic E-state index is 6.15. The molecule has 0 spiro atoms. The molecule has 2 N–H and O–H groups in total. The third kappa shape index (κ3) is 3.24. The Morgan fingerprint density at radius 1 is 1.15 bits per heavy atom. The lowest BCUT2D eigenvalue weighted by Gasteiger charge is -2.45. The van der Waals surface area contributed by atoms with Crippen LogP contribution in [-0.4, -0.2) is 24.0 Å². The molecule has 4 unspecified atom stereocenters. The topological polar surface area (TPSA) is 29.3 Å². The van der Waals surface area contributed by atoms with Crippen molar-refractivity contribution >= 4 is 0 Å². The molecule has 2 rings (SSSR count). The van der Waals surface area contributed by atoms with Crippen molar-refractivity contribution in [2.45, 2.75) is 53.1 Å². The van der Waals surface area contributed by atoms with Gasteiger partial charge in [0.15, 0.2) is 0 Å². The molecule has 0 amide bonds. The summed E-state index contributed by atoms with van der Waals surface area (Å²) in [6.07, 6.45) is 1.34. The van der Waals surface area contributed by atoms with Crippen molar-refractivity contribution in [3.8, 4) is 0 Å². The Morgan fingerprint density at radius 2 is 1.75 bits per heavy atom. The predicted molar refractivity (Wildman–Crippen MR) is 86.8 cm³/mol. The molecule has 2 heteroatoms. The van der Waals surface area contributed by atoms with E-state index in [0.717, 1.165) is 11.8 Å². The van der Waals surface area contributed by atoms with Crippen molar-refractivity contribution in [2.75, 3.05) is 13.1 Å². The third-order valence-corrected chi connectivity index (χ3v) is 4.90. The van der Waals surface area contributed by atoms with E-state index >= 15 is 0 Å². The molecule has 1 saturated heterocycles. The van der Waals surface area contributed by atoms with Crippen molar-refractivity contribution in [3.05, 3.63) is 34.9 Å². The number of aryl methyl sites for hydroxylation is 2. The lowest BCUT2D eigenvalue weighted by Crippen LogP contribution is -2.49. The molecule has 0 saturated carbocycles. The summed E-state index contributed by atoms with van der Waals surface area (Å²) in [6, 6.07) is 7.82. The van der Waals surface area contributed by atoms with Gasteiger partial charge in [0.05, 0.1) is 0 Å². The first-order valence-electron chi connectivity index (χ1n) is 7.96. The Kier molecular flexibility index (Phi) is 4.87. The molecule has 1 fully saturated rings. The van der Waals surface area contributed by atoms with E-state index in [1.54, 1.807) is 0 Å². The molecule has 4 atom stereocenters. The highest BCUT2D eigenvalue weighted by Crippen LogP contribution is 2.34. The van der Waals surface area contributed by atoms with Crippen molar-refractivity contribution in [3.63, 3.8) is 0 Å². The van der Waals surface area contributed by atoms with Gasteiger partial charge in [0, 0.05) is 25.2 Å². The van der Waals surface area contributed by atoms with Crippen LogP contribution >= 0.6 is 0 Å².